The smallest absolute Gasteiger partial charge is 0.319 e. The van der Waals surface area contributed by atoms with E-state index >= 15 is 0 Å². The number of carbonyl (C=O) groups is 1. The van der Waals surface area contributed by atoms with Crippen molar-refractivity contribution in [3.8, 4) is 17.0 Å². The fourth-order valence-corrected chi connectivity index (χ4v) is 3.80. The fourth-order valence-electron chi connectivity index (χ4n) is 3.80. The highest BCUT2D eigenvalue weighted by molar-refractivity contribution is 5.91. The van der Waals surface area contributed by atoms with Crippen LogP contribution in [0.3, 0.4) is 0 Å². The van der Waals surface area contributed by atoms with Crippen LogP contribution in [0.25, 0.3) is 11.3 Å². The molecule has 2 N–H and O–H groups in total. The van der Waals surface area contributed by atoms with Crippen LogP contribution in [0, 0.1) is 6.92 Å². The maximum atomic E-state index is 12.3. The molecule has 0 aliphatic carbocycles. The Morgan fingerprint density at radius 2 is 1.88 bits per heavy atom. The van der Waals surface area contributed by atoms with E-state index in [1.165, 1.54) is 0 Å². The van der Waals surface area contributed by atoms with Gasteiger partial charge in [0.25, 0.3) is 0 Å². The first-order chi connectivity index (χ1) is 16.6. The standard InChI is InChI=1S/C27H36N4O3/c1-4-5-9-16-28-27(32)30-25-21(2)12-10-15-24(25)34-18-11-17-31-20-29-26(23(31)19-33-3)22-13-7-6-8-14-22/h6-8,10,12-15,20H,4-5,9,11,16-19H2,1-3H3,(H2,28,30,32). The summed E-state index contributed by atoms with van der Waals surface area (Å²) in [4.78, 5) is 16.9. The number of methoxy groups -OCH3 is 1. The molecule has 7 heteroatoms. The first-order valence-corrected chi connectivity index (χ1v) is 12.0. The van der Waals surface area contributed by atoms with Crippen LogP contribution in [-0.2, 0) is 17.9 Å². The van der Waals surface area contributed by atoms with E-state index in [-0.39, 0.29) is 6.03 Å². The second-order valence-electron chi connectivity index (χ2n) is 8.27. The summed E-state index contributed by atoms with van der Waals surface area (Å²) >= 11 is 0. The number of hydrogen-bond donors (Lipinski definition) is 2. The highest BCUT2D eigenvalue weighted by Gasteiger charge is 2.13. The zero-order chi connectivity index (χ0) is 24.2. The van der Waals surface area contributed by atoms with Crippen LogP contribution in [0.4, 0.5) is 10.5 Å². The van der Waals surface area contributed by atoms with Crippen LogP contribution in [0.5, 0.6) is 5.75 Å². The lowest BCUT2D eigenvalue weighted by Crippen LogP contribution is -2.30. The average molecular weight is 465 g/mol. The number of hydrogen-bond acceptors (Lipinski definition) is 4. The predicted octanol–water partition coefficient (Wildman–Crippen LogP) is 5.79. The highest BCUT2D eigenvalue weighted by atomic mass is 16.5. The lowest BCUT2D eigenvalue weighted by Gasteiger charge is -2.16. The van der Waals surface area contributed by atoms with Gasteiger partial charge in [-0.2, -0.15) is 0 Å². The van der Waals surface area contributed by atoms with Crippen molar-refractivity contribution in [2.45, 2.75) is 52.7 Å². The van der Waals surface area contributed by atoms with Gasteiger partial charge in [0, 0.05) is 25.8 Å². The number of benzene rings is 2. The van der Waals surface area contributed by atoms with Crippen molar-refractivity contribution in [3.05, 3.63) is 66.1 Å². The van der Waals surface area contributed by atoms with E-state index in [1.54, 1.807) is 7.11 Å². The molecular formula is C27H36N4O3. The van der Waals surface area contributed by atoms with E-state index in [9.17, 15) is 4.79 Å². The van der Waals surface area contributed by atoms with Gasteiger partial charge in [0.2, 0.25) is 0 Å². The lowest BCUT2D eigenvalue weighted by atomic mass is 10.1. The van der Waals surface area contributed by atoms with Crippen LogP contribution in [-0.4, -0.2) is 35.8 Å². The summed E-state index contributed by atoms with van der Waals surface area (Å²) in [6, 6.07) is 15.7. The summed E-state index contributed by atoms with van der Waals surface area (Å²) < 4.78 is 13.6. The van der Waals surface area contributed by atoms with Crippen LogP contribution in [0.15, 0.2) is 54.9 Å². The Labute approximate surface area is 202 Å². The van der Waals surface area contributed by atoms with E-state index < -0.39 is 0 Å². The molecule has 0 aliphatic heterocycles. The van der Waals surface area contributed by atoms with Gasteiger partial charge < -0.3 is 24.7 Å². The van der Waals surface area contributed by atoms with Crippen molar-refractivity contribution in [2.24, 2.45) is 0 Å². The summed E-state index contributed by atoms with van der Waals surface area (Å²) in [6.07, 6.45) is 5.86. The molecule has 3 rings (SSSR count). The zero-order valence-corrected chi connectivity index (χ0v) is 20.5. The van der Waals surface area contributed by atoms with Crippen LogP contribution in [0.2, 0.25) is 0 Å². The number of ether oxygens (including phenoxy) is 2. The maximum Gasteiger partial charge on any atom is 0.319 e. The molecule has 0 atom stereocenters. The number of para-hydroxylation sites is 1. The third kappa shape index (κ3) is 7.09. The molecule has 0 bridgehead atoms. The van der Waals surface area contributed by atoms with E-state index in [2.05, 4.69) is 39.2 Å². The number of imidazole rings is 1. The van der Waals surface area contributed by atoms with Gasteiger partial charge in [0.05, 0.1) is 36.6 Å². The molecule has 0 fully saturated rings. The predicted molar refractivity (Wildman–Crippen MR) is 136 cm³/mol. The number of unbranched alkanes of at least 4 members (excludes halogenated alkanes) is 2. The van der Waals surface area contributed by atoms with Crippen molar-refractivity contribution >= 4 is 11.7 Å². The number of nitrogens with one attached hydrogen (secondary N) is 2. The molecule has 182 valence electrons. The van der Waals surface area contributed by atoms with Crippen molar-refractivity contribution in [3.63, 3.8) is 0 Å². The van der Waals surface area contributed by atoms with Gasteiger partial charge in [-0.15, -0.1) is 0 Å². The number of aromatic nitrogens is 2. The molecule has 2 aromatic carbocycles. The highest BCUT2D eigenvalue weighted by Crippen LogP contribution is 2.28. The quantitative estimate of drug-likeness (QED) is 0.314. The minimum absolute atomic E-state index is 0.202. The molecule has 34 heavy (non-hydrogen) atoms. The van der Waals surface area contributed by atoms with E-state index in [1.807, 2.05) is 49.6 Å². The Morgan fingerprint density at radius 1 is 1.06 bits per heavy atom. The van der Waals surface area contributed by atoms with Gasteiger partial charge in [0.15, 0.2) is 0 Å². The second kappa shape index (κ2) is 13.4. The number of carbonyl (C=O) groups excluding carboxylic acids is 1. The Hall–Kier alpha value is -3.32. The number of urea groups is 1. The molecule has 0 spiro atoms. The first-order valence-electron chi connectivity index (χ1n) is 12.0. The zero-order valence-electron chi connectivity index (χ0n) is 20.5. The molecule has 7 nitrogen and oxygen atoms in total. The normalized spacial score (nSPS) is 10.8. The van der Waals surface area contributed by atoms with Gasteiger partial charge in [0.1, 0.15) is 5.75 Å². The maximum absolute atomic E-state index is 12.3. The molecule has 0 radical (unpaired) electrons. The van der Waals surface area contributed by atoms with Crippen molar-refractivity contribution in [1.82, 2.24) is 14.9 Å². The molecule has 0 saturated carbocycles. The van der Waals surface area contributed by atoms with Crippen molar-refractivity contribution in [1.29, 1.82) is 0 Å². The average Bonchev–Trinajstić information content (AvgIpc) is 3.24. The van der Waals surface area contributed by atoms with Crippen LogP contribution in [0.1, 0.15) is 43.9 Å². The van der Waals surface area contributed by atoms with Gasteiger partial charge in [-0.05, 0) is 31.4 Å². The minimum atomic E-state index is -0.202. The molecule has 1 aromatic heterocycles. The van der Waals surface area contributed by atoms with Crippen LogP contribution >= 0.6 is 0 Å². The number of nitrogens with zero attached hydrogens (tertiary/aromatic N) is 2. The summed E-state index contributed by atoms with van der Waals surface area (Å²) in [7, 11) is 1.70. The fraction of sp³-hybridized carbons (Fsp3) is 0.407. The van der Waals surface area contributed by atoms with E-state index in [0.29, 0.717) is 31.2 Å². The van der Waals surface area contributed by atoms with Crippen molar-refractivity contribution < 1.29 is 14.3 Å². The SMILES string of the molecule is CCCCCNC(=O)Nc1c(C)cccc1OCCCn1cnc(-c2ccccc2)c1COC. The van der Waals surface area contributed by atoms with Crippen LogP contribution < -0.4 is 15.4 Å². The largest absolute Gasteiger partial charge is 0.491 e. The molecule has 0 unspecified atom stereocenters. The monoisotopic (exact) mass is 464 g/mol. The third-order valence-electron chi connectivity index (χ3n) is 5.61. The number of anilines is 1. The van der Waals surface area contributed by atoms with Gasteiger partial charge in [-0.25, -0.2) is 9.78 Å². The molecule has 1 heterocycles. The van der Waals surface area contributed by atoms with Crippen molar-refractivity contribution in [2.75, 3.05) is 25.6 Å². The summed E-state index contributed by atoms with van der Waals surface area (Å²) in [6.45, 7) is 6.54. The topological polar surface area (TPSA) is 77.4 Å². The Kier molecular flexibility index (Phi) is 9.98. The Balaban J connectivity index is 1.57. The lowest BCUT2D eigenvalue weighted by molar-refractivity contribution is 0.177. The van der Waals surface area contributed by atoms with Gasteiger partial charge in [-0.1, -0.05) is 62.2 Å². The molecule has 3 aromatic rings. The molecular weight excluding hydrogens is 428 g/mol. The first kappa shape index (κ1) is 25.3. The third-order valence-corrected chi connectivity index (χ3v) is 5.61. The number of aryl methyl sites for hydroxylation is 2. The Morgan fingerprint density at radius 3 is 2.65 bits per heavy atom. The molecule has 0 saturated heterocycles. The van der Waals surface area contributed by atoms with Gasteiger partial charge in [-0.3, -0.25) is 0 Å². The van der Waals surface area contributed by atoms with Gasteiger partial charge >= 0.3 is 6.03 Å². The minimum Gasteiger partial charge on any atom is -0.491 e. The number of amides is 2. The van der Waals surface area contributed by atoms with E-state index in [4.69, 9.17) is 9.47 Å². The summed E-state index contributed by atoms with van der Waals surface area (Å²) in [5.74, 6) is 0.677. The van der Waals surface area contributed by atoms with E-state index in [0.717, 1.165) is 54.7 Å². The molecule has 2 amide bonds. The Bertz CT molecular complexity index is 1030. The summed E-state index contributed by atoms with van der Waals surface area (Å²) in [5, 5.41) is 5.87. The second-order valence-corrected chi connectivity index (χ2v) is 8.27. The number of rotatable bonds is 13. The summed E-state index contributed by atoms with van der Waals surface area (Å²) in [5.41, 5.74) is 4.74. The molecule has 0 aliphatic rings.